The molecule has 150 valence electrons. The molecule has 0 aromatic heterocycles. The Bertz CT molecular complexity index is 830. The molecular formula is C21H24ClF2N3O. The Labute approximate surface area is 168 Å². The van der Waals surface area contributed by atoms with Crippen molar-refractivity contribution in [2.75, 3.05) is 19.6 Å². The van der Waals surface area contributed by atoms with Crippen LogP contribution in [-0.4, -0.2) is 35.7 Å². The Kier molecular flexibility index (Phi) is 5.83. The Hall–Kier alpha value is -1.73. The number of phenolic OH excluding ortho intramolecular Hbond substituents is 1. The molecule has 0 spiro atoms. The van der Waals surface area contributed by atoms with Crippen LogP contribution in [0.15, 0.2) is 36.4 Å². The molecule has 4 nitrogen and oxygen atoms in total. The highest BCUT2D eigenvalue weighted by molar-refractivity contribution is 6.30. The largest absolute Gasteiger partial charge is 0.508 e. The summed E-state index contributed by atoms with van der Waals surface area (Å²) in [7, 11) is 0. The molecule has 3 atom stereocenters. The molecule has 0 radical (unpaired) electrons. The summed E-state index contributed by atoms with van der Waals surface area (Å²) in [5.74, 6) is -0.757. The van der Waals surface area contributed by atoms with E-state index in [4.69, 9.17) is 11.6 Å². The lowest BCUT2D eigenvalue weighted by Crippen LogP contribution is -2.46. The predicted molar refractivity (Wildman–Crippen MR) is 105 cm³/mol. The van der Waals surface area contributed by atoms with Crippen molar-refractivity contribution < 1.29 is 13.9 Å². The molecule has 0 amide bonds. The molecule has 4 rings (SSSR count). The molecule has 2 aliphatic heterocycles. The monoisotopic (exact) mass is 407 g/mol. The number of hydrogen-bond acceptors (Lipinski definition) is 4. The zero-order valence-electron chi connectivity index (χ0n) is 15.5. The van der Waals surface area contributed by atoms with Gasteiger partial charge in [-0.05, 0) is 55.6 Å². The molecule has 2 aromatic carbocycles. The summed E-state index contributed by atoms with van der Waals surface area (Å²) in [6.45, 7) is 2.80. The molecule has 0 saturated carbocycles. The first-order valence-corrected chi connectivity index (χ1v) is 10.0. The highest BCUT2D eigenvalue weighted by atomic mass is 35.5. The second-order valence-corrected chi connectivity index (χ2v) is 8.14. The fourth-order valence-electron chi connectivity index (χ4n) is 4.56. The standard InChI is InChI=1S/C21H24ClF2N3O/c22-15-6-7-19(28)14(9-15)12-27-8-2-3-13(11-27)21-16(10-25-26-21)20-17(23)4-1-5-18(20)24/h1,4-7,9,13,16,21,25-26,28H,2-3,8,10-12H2. The smallest absolute Gasteiger partial charge is 0.129 e. The summed E-state index contributed by atoms with van der Waals surface area (Å²) in [6.07, 6.45) is 1.99. The summed E-state index contributed by atoms with van der Waals surface area (Å²) in [4.78, 5) is 2.27. The van der Waals surface area contributed by atoms with E-state index in [9.17, 15) is 13.9 Å². The molecule has 2 aliphatic rings. The van der Waals surface area contributed by atoms with Gasteiger partial charge in [-0.2, -0.15) is 0 Å². The van der Waals surface area contributed by atoms with Crippen molar-refractivity contribution in [1.82, 2.24) is 15.8 Å². The van der Waals surface area contributed by atoms with Crippen LogP contribution in [0.3, 0.4) is 0 Å². The average Bonchev–Trinajstić information content (AvgIpc) is 3.14. The molecular weight excluding hydrogens is 384 g/mol. The first-order chi connectivity index (χ1) is 13.5. The van der Waals surface area contributed by atoms with Gasteiger partial charge in [-0.1, -0.05) is 17.7 Å². The molecule has 0 bridgehead atoms. The van der Waals surface area contributed by atoms with Crippen LogP contribution in [0.25, 0.3) is 0 Å². The molecule has 2 saturated heterocycles. The number of aromatic hydroxyl groups is 1. The van der Waals surface area contributed by atoms with Gasteiger partial charge < -0.3 is 5.11 Å². The van der Waals surface area contributed by atoms with Crippen molar-refractivity contribution in [3.8, 4) is 5.75 Å². The van der Waals surface area contributed by atoms with Crippen molar-refractivity contribution in [1.29, 1.82) is 0 Å². The van der Waals surface area contributed by atoms with E-state index in [1.807, 2.05) is 0 Å². The van der Waals surface area contributed by atoms with Crippen molar-refractivity contribution in [2.45, 2.75) is 31.3 Å². The third-order valence-corrected chi connectivity index (χ3v) is 6.12. The lowest BCUT2D eigenvalue weighted by molar-refractivity contribution is 0.138. The SMILES string of the molecule is Oc1ccc(Cl)cc1CN1CCCC(C2NNCC2c2c(F)cccc2F)C1. The van der Waals surface area contributed by atoms with Gasteiger partial charge >= 0.3 is 0 Å². The number of likely N-dealkylation sites (tertiary alicyclic amines) is 1. The van der Waals surface area contributed by atoms with Gasteiger partial charge in [0, 0.05) is 47.7 Å². The van der Waals surface area contributed by atoms with E-state index in [2.05, 4.69) is 15.8 Å². The van der Waals surface area contributed by atoms with Crippen LogP contribution in [0.2, 0.25) is 5.02 Å². The summed E-state index contributed by atoms with van der Waals surface area (Å²) in [6, 6.07) is 9.06. The van der Waals surface area contributed by atoms with Gasteiger partial charge in [0.15, 0.2) is 0 Å². The Balaban J connectivity index is 1.50. The zero-order chi connectivity index (χ0) is 19.7. The molecule has 3 unspecified atom stereocenters. The van der Waals surface area contributed by atoms with Gasteiger partial charge in [-0.15, -0.1) is 0 Å². The number of rotatable bonds is 4. The number of piperidine rings is 1. The number of hydrazine groups is 1. The molecule has 2 heterocycles. The second-order valence-electron chi connectivity index (χ2n) is 7.70. The lowest BCUT2D eigenvalue weighted by atomic mass is 9.80. The fourth-order valence-corrected chi connectivity index (χ4v) is 4.75. The topological polar surface area (TPSA) is 47.5 Å². The van der Waals surface area contributed by atoms with Gasteiger partial charge in [-0.25, -0.2) is 8.78 Å². The molecule has 7 heteroatoms. The molecule has 28 heavy (non-hydrogen) atoms. The van der Waals surface area contributed by atoms with Crippen LogP contribution in [0.1, 0.15) is 29.9 Å². The van der Waals surface area contributed by atoms with Gasteiger partial charge in [0.1, 0.15) is 17.4 Å². The number of nitrogens with zero attached hydrogens (tertiary/aromatic N) is 1. The van der Waals surface area contributed by atoms with Crippen LogP contribution in [0.4, 0.5) is 8.78 Å². The fraction of sp³-hybridized carbons (Fsp3) is 0.429. The van der Waals surface area contributed by atoms with Gasteiger partial charge in [0.2, 0.25) is 0 Å². The minimum Gasteiger partial charge on any atom is -0.508 e. The summed E-state index contributed by atoms with van der Waals surface area (Å²) >= 11 is 6.06. The molecule has 3 N–H and O–H groups in total. The van der Waals surface area contributed by atoms with Gasteiger partial charge in [0.25, 0.3) is 0 Å². The maximum Gasteiger partial charge on any atom is 0.129 e. The highest BCUT2D eigenvalue weighted by Gasteiger charge is 2.39. The Morgan fingerprint density at radius 1 is 1.18 bits per heavy atom. The van der Waals surface area contributed by atoms with E-state index in [0.29, 0.717) is 18.1 Å². The number of phenols is 1. The van der Waals surface area contributed by atoms with E-state index in [1.54, 1.807) is 18.2 Å². The lowest BCUT2D eigenvalue weighted by Gasteiger charge is -2.37. The number of nitrogens with one attached hydrogen (secondary N) is 2. The van der Waals surface area contributed by atoms with Gasteiger partial charge in [0.05, 0.1) is 0 Å². The minimum atomic E-state index is -0.489. The van der Waals surface area contributed by atoms with E-state index in [1.165, 1.54) is 18.2 Å². The number of hydrogen-bond donors (Lipinski definition) is 3. The Morgan fingerprint density at radius 3 is 2.75 bits per heavy atom. The van der Waals surface area contributed by atoms with E-state index >= 15 is 0 Å². The number of benzene rings is 2. The van der Waals surface area contributed by atoms with Gasteiger partial charge in [-0.3, -0.25) is 15.8 Å². The van der Waals surface area contributed by atoms with Crippen LogP contribution < -0.4 is 10.9 Å². The predicted octanol–water partition coefficient (Wildman–Crippen LogP) is 3.80. The normalized spacial score (nSPS) is 25.9. The van der Waals surface area contributed by atoms with Crippen molar-refractivity contribution in [3.05, 3.63) is 64.2 Å². The Morgan fingerprint density at radius 2 is 1.96 bits per heavy atom. The minimum absolute atomic E-state index is 0.0536. The molecule has 2 aromatic rings. The van der Waals surface area contributed by atoms with E-state index in [-0.39, 0.29) is 29.2 Å². The van der Waals surface area contributed by atoms with E-state index in [0.717, 1.165) is 31.5 Å². The van der Waals surface area contributed by atoms with E-state index < -0.39 is 11.6 Å². The summed E-state index contributed by atoms with van der Waals surface area (Å²) < 4.78 is 28.7. The quantitative estimate of drug-likeness (QED) is 0.721. The van der Waals surface area contributed by atoms with Crippen molar-refractivity contribution in [2.24, 2.45) is 5.92 Å². The number of halogens is 3. The summed E-state index contributed by atoms with van der Waals surface area (Å²) in [5.41, 5.74) is 7.30. The second kappa shape index (κ2) is 8.33. The maximum absolute atomic E-state index is 14.3. The van der Waals surface area contributed by atoms with Crippen LogP contribution in [0, 0.1) is 17.6 Å². The first kappa shape index (κ1) is 19.6. The highest BCUT2D eigenvalue weighted by Crippen LogP contribution is 2.35. The average molecular weight is 408 g/mol. The first-order valence-electron chi connectivity index (χ1n) is 9.65. The van der Waals surface area contributed by atoms with Crippen molar-refractivity contribution in [3.63, 3.8) is 0 Å². The molecule has 2 fully saturated rings. The third-order valence-electron chi connectivity index (χ3n) is 5.88. The van der Waals surface area contributed by atoms with Crippen LogP contribution in [-0.2, 0) is 6.54 Å². The maximum atomic E-state index is 14.3. The molecule has 0 aliphatic carbocycles. The van der Waals surface area contributed by atoms with Crippen molar-refractivity contribution >= 4 is 11.6 Å². The zero-order valence-corrected chi connectivity index (χ0v) is 16.2. The summed E-state index contributed by atoms with van der Waals surface area (Å²) in [5, 5.41) is 10.7. The third kappa shape index (κ3) is 4.01. The van der Waals surface area contributed by atoms with Crippen LogP contribution >= 0.6 is 11.6 Å². The van der Waals surface area contributed by atoms with Crippen LogP contribution in [0.5, 0.6) is 5.75 Å².